The second-order valence-corrected chi connectivity index (χ2v) is 8.15. The number of benzene rings is 1. The van der Waals surface area contributed by atoms with Crippen molar-refractivity contribution in [2.75, 3.05) is 5.73 Å². The second kappa shape index (κ2) is 5.92. The number of nitrogens with one attached hydrogen (secondary N) is 1. The molecule has 0 bridgehead atoms. The van der Waals surface area contributed by atoms with Gasteiger partial charge in [0.2, 0.25) is 10.0 Å². The number of rotatable bonds is 4. The fourth-order valence-electron chi connectivity index (χ4n) is 1.84. The van der Waals surface area contributed by atoms with Crippen LogP contribution in [0.4, 0.5) is 5.69 Å². The SMILES string of the molecule is Cc1cnc(C(C)NS(=O)(=O)c2cc(C)c(Cl)c(N)c2)s1. The zero-order valence-corrected chi connectivity index (χ0v) is 14.2. The molecular weight excluding hydrogens is 330 g/mol. The van der Waals surface area contributed by atoms with E-state index in [1.807, 2.05) is 6.92 Å². The van der Waals surface area contributed by atoms with Gasteiger partial charge in [-0.15, -0.1) is 11.3 Å². The van der Waals surface area contributed by atoms with E-state index in [2.05, 4.69) is 9.71 Å². The van der Waals surface area contributed by atoms with Gasteiger partial charge in [-0.3, -0.25) is 0 Å². The van der Waals surface area contributed by atoms with Crippen LogP contribution in [-0.4, -0.2) is 13.4 Å². The molecule has 0 saturated carbocycles. The minimum Gasteiger partial charge on any atom is -0.397 e. The van der Waals surface area contributed by atoms with E-state index in [0.717, 1.165) is 9.88 Å². The summed E-state index contributed by atoms with van der Waals surface area (Å²) in [4.78, 5) is 5.32. The quantitative estimate of drug-likeness (QED) is 0.834. The van der Waals surface area contributed by atoms with Crippen molar-refractivity contribution in [3.8, 4) is 0 Å². The minimum absolute atomic E-state index is 0.0991. The van der Waals surface area contributed by atoms with Crippen molar-refractivity contribution in [2.45, 2.75) is 31.7 Å². The number of nitrogens with two attached hydrogens (primary N) is 1. The third kappa shape index (κ3) is 3.55. The Labute approximate surface area is 133 Å². The van der Waals surface area contributed by atoms with Crippen LogP contribution in [0.3, 0.4) is 0 Å². The van der Waals surface area contributed by atoms with E-state index in [-0.39, 0.29) is 10.6 Å². The first-order valence-corrected chi connectivity index (χ1v) is 8.88. The first-order valence-electron chi connectivity index (χ1n) is 6.21. The Hall–Kier alpha value is -1.15. The number of anilines is 1. The Kier molecular flexibility index (Phi) is 4.57. The monoisotopic (exact) mass is 345 g/mol. The molecule has 0 aliphatic rings. The highest BCUT2D eigenvalue weighted by atomic mass is 35.5. The van der Waals surface area contributed by atoms with E-state index in [0.29, 0.717) is 10.6 Å². The topological polar surface area (TPSA) is 85.1 Å². The van der Waals surface area contributed by atoms with Gasteiger partial charge in [-0.2, -0.15) is 0 Å². The van der Waals surface area contributed by atoms with Gasteiger partial charge in [-0.05, 0) is 38.5 Å². The molecule has 0 spiro atoms. The number of sulfonamides is 1. The van der Waals surface area contributed by atoms with Crippen LogP contribution in [0.2, 0.25) is 5.02 Å². The van der Waals surface area contributed by atoms with Gasteiger partial charge >= 0.3 is 0 Å². The summed E-state index contributed by atoms with van der Waals surface area (Å²) >= 11 is 7.41. The Morgan fingerprint density at radius 3 is 2.57 bits per heavy atom. The predicted octanol–water partition coefficient (Wildman–Crippen LogP) is 3.04. The maximum Gasteiger partial charge on any atom is 0.241 e. The van der Waals surface area contributed by atoms with Crippen LogP contribution >= 0.6 is 22.9 Å². The van der Waals surface area contributed by atoms with Crippen LogP contribution < -0.4 is 10.5 Å². The Morgan fingerprint density at radius 2 is 2.05 bits per heavy atom. The molecule has 3 N–H and O–H groups in total. The molecule has 2 aromatic rings. The Bertz CT molecular complexity index is 748. The van der Waals surface area contributed by atoms with Crippen molar-refractivity contribution in [3.05, 3.63) is 38.8 Å². The normalized spacial score (nSPS) is 13.3. The highest BCUT2D eigenvalue weighted by molar-refractivity contribution is 7.89. The zero-order chi connectivity index (χ0) is 15.8. The molecule has 21 heavy (non-hydrogen) atoms. The maximum absolute atomic E-state index is 12.4. The molecule has 114 valence electrons. The van der Waals surface area contributed by atoms with Gasteiger partial charge in [0.15, 0.2) is 0 Å². The number of aryl methyl sites for hydroxylation is 2. The molecule has 0 aliphatic heterocycles. The van der Waals surface area contributed by atoms with Crippen molar-refractivity contribution >= 4 is 38.6 Å². The zero-order valence-electron chi connectivity index (χ0n) is 11.8. The summed E-state index contributed by atoms with van der Waals surface area (Å²) in [5.74, 6) is 0. The second-order valence-electron chi connectivity index (χ2n) is 4.80. The molecule has 1 aromatic heterocycles. The third-order valence-electron chi connectivity index (χ3n) is 2.91. The highest BCUT2D eigenvalue weighted by Gasteiger charge is 2.21. The van der Waals surface area contributed by atoms with E-state index >= 15 is 0 Å². The molecule has 0 saturated heterocycles. The largest absolute Gasteiger partial charge is 0.397 e. The first kappa shape index (κ1) is 16.2. The van der Waals surface area contributed by atoms with Gasteiger partial charge in [0, 0.05) is 11.1 Å². The lowest BCUT2D eigenvalue weighted by atomic mass is 10.2. The molecule has 5 nitrogen and oxygen atoms in total. The highest BCUT2D eigenvalue weighted by Crippen LogP contribution is 2.28. The van der Waals surface area contributed by atoms with Crippen LogP contribution in [0.5, 0.6) is 0 Å². The molecule has 1 atom stereocenters. The van der Waals surface area contributed by atoms with Crippen LogP contribution in [0.15, 0.2) is 23.2 Å². The number of nitrogens with zero attached hydrogens (tertiary/aromatic N) is 1. The molecular formula is C13H16ClN3O2S2. The summed E-state index contributed by atoms with van der Waals surface area (Å²) in [5.41, 5.74) is 6.59. The first-order chi connectivity index (χ1) is 9.70. The summed E-state index contributed by atoms with van der Waals surface area (Å²) in [7, 11) is -3.68. The molecule has 0 amide bonds. The van der Waals surface area contributed by atoms with E-state index in [1.54, 1.807) is 20.0 Å². The van der Waals surface area contributed by atoms with Gasteiger partial charge in [-0.1, -0.05) is 11.6 Å². The lowest BCUT2D eigenvalue weighted by molar-refractivity contribution is 0.566. The van der Waals surface area contributed by atoms with Crippen molar-refractivity contribution < 1.29 is 8.42 Å². The van der Waals surface area contributed by atoms with Crippen molar-refractivity contribution in [1.29, 1.82) is 0 Å². The molecule has 0 radical (unpaired) electrons. The van der Waals surface area contributed by atoms with E-state index in [9.17, 15) is 8.42 Å². The van der Waals surface area contributed by atoms with Gasteiger partial charge in [0.25, 0.3) is 0 Å². The van der Waals surface area contributed by atoms with Crippen LogP contribution in [-0.2, 0) is 10.0 Å². The lowest BCUT2D eigenvalue weighted by Crippen LogP contribution is -2.27. The summed E-state index contributed by atoms with van der Waals surface area (Å²) in [6.45, 7) is 5.39. The molecule has 1 heterocycles. The van der Waals surface area contributed by atoms with Crippen molar-refractivity contribution in [1.82, 2.24) is 9.71 Å². The van der Waals surface area contributed by atoms with Gasteiger partial charge < -0.3 is 5.73 Å². The van der Waals surface area contributed by atoms with Gasteiger partial charge in [-0.25, -0.2) is 18.1 Å². The summed E-state index contributed by atoms with van der Waals surface area (Å²) in [6.07, 6.45) is 1.72. The standard InChI is InChI=1S/C13H16ClN3O2S2/c1-7-4-10(5-11(15)12(7)14)21(18,19)17-9(3)13-16-6-8(2)20-13/h4-6,9,17H,15H2,1-3H3. The Morgan fingerprint density at radius 1 is 1.38 bits per heavy atom. The number of thiazole rings is 1. The molecule has 8 heteroatoms. The average Bonchev–Trinajstić information content (AvgIpc) is 2.81. The lowest BCUT2D eigenvalue weighted by Gasteiger charge is -2.13. The minimum atomic E-state index is -3.68. The van der Waals surface area contributed by atoms with E-state index in [4.69, 9.17) is 17.3 Å². The number of hydrogen-bond acceptors (Lipinski definition) is 5. The van der Waals surface area contributed by atoms with Crippen LogP contribution in [0.1, 0.15) is 28.4 Å². The molecule has 2 rings (SSSR count). The fraction of sp³-hybridized carbons (Fsp3) is 0.308. The third-order valence-corrected chi connectivity index (χ3v) is 6.04. The van der Waals surface area contributed by atoms with Crippen LogP contribution in [0, 0.1) is 13.8 Å². The molecule has 0 aliphatic carbocycles. The van der Waals surface area contributed by atoms with Crippen molar-refractivity contribution in [2.24, 2.45) is 0 Å². The van der Waals surface area contributed by atoms with Crippen LogP contribution in [0.25, 0.3) is 0 Å². The number of halogens is 1. The molecule has 0 fully saturated rings. The molecule has 1 aromatic carbocycles. The van der Waals surface area contributed by atoms with Gasteiger partial charge in [0.1, 0.15) is 5.01 Å². The predicted molar refractivity (Wildman–Crippen MR) is 86.2 cm³/mol. The number of nitrogen functional groups attached to an aromatic ring is 1. The van der Waals surface area contributed by atoms with Crippen molar-refractivity contribution in [3.63, 3.8) is 0 Å². The maximum atomic E-state index is 12.4. The van der Waals surface area contributed by atoms with Gasteiger partial charge in [0.05, 0.1) is 21.6 Å². The Balaban J connectivity index is 2.30. The number of aromatic nitrogens is 1. The fourth-order valence-corrected chi connectivity index (χ4v) is 4.13. The summed E-state index contributed by atoms with van der Waals surface area (Å²) < 4.78 is 27.4. The van der Waals surface area contributed by atoms with E-state index in [1.165, 1.54) is 23.5 Å². The summed E-state index contributed by atoms with van der Waals surface area (Å²) in [6, 6.07) is 2.45. The average molecular weight is 346 g/mol. The summed E-state index contributed by atoms with van der Waals surface area (Å²) in [5, 5.41) is 1.09. The van der Waals surface area contributed by atoms with E-state index < -0.39 is 16.1 Å². The number of hydrogen-bond donors (Lipinski definition) is 2. The molecule has 1 unspecified atom stereocenters. The smallest absolute Gasteiger partial charge is 0.241 e.